The monoisotopic (exact) mass is 217 g/mol. The standard InChI is InChI=1S/C13H10ClO/c1-15-13-4-2-3-11(9-13)10-5-7-12(14)8-6-10/h2-9H,1H2. The molecule has 0 heterocycles. The van der Waals surface area contributed by atoms with Crippen molar-refractivity contribution in [2.75, 3.05) is 0 Å². The Bertz CT molecular complexity index is 448. The summed E-state index contributed by atoms with van der Waals surface area (Å²) in [4.78, 5) is 0. The molecule has 0 saturated carbocycles. The third-order valence-corrected chi connectivity index (χ3v) is 2.43. The Balaban J connectivity index is 2.40. The first kappa shape index (κ1) is 10.1. The summed E-state index contributed by atoms with van der Waals surface area (Å²) in [6.07, 6.45) is 0. The first-order valence-corrected chi connectivity index (χ1v) is 4.95. The molecule has 0 saturated heterocycles. The highest BCUT2D eigenvalue weighted by atomic mass is 35.5. The quantitative estimate of drug-likeness (QED) is 0.734. The Morgan fingerprint density at radius 3 is 2.33 bits per heavy atom. The van der Waals surface area contributed by atoms with Gasteiger partial charge in [0.2, 0.25) is 0 Å². The zero-order chi connectivity index (χ0) is 10.7. The van der Waals surface area contributed by atoms with Gasteiger partial charge in [0, 0.05) is 5.02 Å². The Morgan fingerprint density at radius 1 is 0.933 bits per heavy atom. The minimum atomic E-state index is 0.739. The summed E-state index contributed by atoms with van der Waals surface area (Å²) >= 11 is 5.82. The van der Waals surface area contributed by atoms with Crippen LogP contribution in [0.3, 0.4) is 0 Å². The van der Waals surface area contributed by atoms with Crippen molar-refractivity contribution >= 4 is 11.6 Å². The number of benzene rings is 2. The lowest BCUT2D eigenvalue weighted by atomic mass is 10.1. The molecule has 0 amide bonds. The van der Waals surface area contributed by atoms with E-state index in [4.69, 9.17) is 16.3 Å². The first-order valence-electron chi connectivity index (χ1n) is 4.57. The summed E-state index contributed by atoms with van der Waals surface area (Å²) in [6, 6.07) is 15.5. The molecule has 2 heteroatoms. The van der Waals surface area contributed by atoms with E-state index in [1.807, 2.05) is 48.5 Å². The zero-order valence-corrected chi connectivity index (χ0v) is 8.87. The zero-order valence-electron chi connectivity index (χ0n) is 8.11. The van der Waals surface area contributed by atoms with Gasteiger partial charge in [0.15, 0.2) is 0 Å². The van der Waals surface area contributed by atoms with E-state index in [2.05, 4.69) is 7.11 Å². The molecule has 75 valence electrons. The Kier molecular flexibility index (Phi) is 2.93. The molecule has 0 bridgehead atoms. The maximum atomic E-state index is 5.82. The fraction of sp³-hybridized carbons (Fsp3) is 0. The maximum Gasteiger partial charge on any atom is 0.122 e. The van der Waals surface area contributed by atoms with Crippen molar-refractivity contribution < 1.29 is 4.74 Å². The molecule has 0 fully saturated rings. The largest absolute Gasteiger partial charge is 0.490 e. The summed E-state index contributed by atoms with van der Waals surface area (Å²) in [5.74, 6) is 0.752. The van der Waals surface area contributed by atoms with Gasteiger partial charge in [-0.3, -0.25) is 0 Å². The van der Waals surface area contributed by atoms with E-state index in [0.29, 0.717) is 0 Å². The average molecular weight is 218 g/mol. The predicted octanol–water partition coefficient (Wildman–Crippen LogP) is 4.18. The molecular formula is C13H10ClO. The fourth-order valence-corrected chi connectivity index (χ4v) is 1.53. The second kappa shape index (κ2) is 4.37. The molecule has 2 aromatic rings. The normalized spacial score (nSPS) is 10.0. The number of ether oxygens (including phenoxy) is 1. The molecule has 0 aliphatic heterocycles. The molecule has 15 heavy (non-hydrogen) atoms. The average Bonchev–Trinajstić information content (AvgIpc) is 2.30. The van der Waals surface area contributed by atoms with Crippen LogP contribution in [0.15, 0.2) is 48.5 Å². The van der Waals surface area contributed by atoms with Gasteiger partial charge >= 0.3 is 0 Å². The van der Waals surface area contributed by atoms with Crippen LogP contribution in [0.4, 0.5) is 0 Å². The van der Waals surface area contributed by atoms with E-state index in [1.165, 1.54) is 0 Å². The van der Waals surface area contributed by atoms with Crippen molar-refractivity contribution in [1.82, 2.24) is 0 Å². The number of halogens is 1. The molecule has 2 rings (SSSR count). The highest BCUT2D eigenvalue weighted by Gasteiger charge is 1.98. The minimum absolute atomic E-state index is 0.739. The van der Waals surface area contributed by atoms with Crippen LogP contribution in [0.5, 0.6) is 5.75 Å². The number of hydrogen-bond acceptors (Lipinski definition) is 1. The van der Waals surface area contributed by atoms with Gasteiger partial charge in [-0.25, -0.2) is 0 Å². The van der Waals surface area contributed by atoms with Gasteiger partial charge in [-0.05, 0) is 35.4 Å². The maximum absolute atomic E-state index is 5.82. The van der Waals surface area contributed by atoms with Crippen LogP contribution in [0.25, 0.3) is 11.1 Å². The summed E-state index contributed by atoms with van der Waals surface area (Å²) in [5.41, 5.74) is 2.20. The van der Waals surface area contributed by atoms with Crippen LogP contribution >= 0.6 is 11.6 Å². The highest BCUT2D eigenvalue weighted by molar-refractivity contribution is 6.30. The van der Waals surface area contributed by atoms with Crippen LogP contribution in [0, 0.1) is 7.11 Å². The topological polar surface area (TPSA) is 9.23 Å². The molecule has 0 aliphatic rings. The first-order chi connectivity index (χ1) is 7.29. The van der Waals surface area contributed by atoms with Gasteiger partial charge < -0.3 is 4.74 Å². The van der Waals surface area contributed by atoms with E-state index < -0.39 is 0 Å². The fourth-order valence-electron chi connectivity index (χ4n) is 1.41. The molecule has 0 aromatic heterocycles. The molecule has 0 unspecified atom stereocenters. The highest BCUT2D eigenvalue weighted by Crippen LogP contribution is 2.24. The van der Waals surface area contributed by atoms with Crippen molar-refractivity contribution in [2.45, 2.75) is 0 Å². The third-order valence-electron chi connectivity index (χ3n) is 2.18. The minimum Gasteiger partial charge on any atom is -0.490 e. The van der Waals surface area contributed by atoms with E-state index in [0.717, 1.165) is 21.9 Å². The Morgan fingerprint density at radius 2 is 1.67 bits per heavy atom. The van der Waals surface area contributed by atoms with Gasteiger partial charge in [0.1, 0.15) is 12.9 Å². The molecule has 1 radical (unpaired) electrons. The van der Waals surface area contributed by atoms with Gasteiger partial charge in [-0.15, -0.1) is 0 Å². The molecule has 0 spiro atoms. The Labute approximate surface area is 94.3 Å². The van der Waals surface area contributed by atoms with Gasteiger partial charge in [0.05, 0.1) is 0 Å². The summed E-state index contributed by atoms with van der Waals surface area (Å²) in [7, 11) is 3.38. The van der Waals surface area contributed by atoms with Crippen LogP contribution < -0.4 is 4.74 Å². The lowest BCUT2D eigenvalue weighted by Gasteiger charge is -2.04. The summed E-state index contributed by atoms with van der Waals surface area (Å²) in [6.45, 7) is 0. The van der Waals surface area contributed by atoms with Crippen molar-refractivity contribution in [3.63, 3.8) is 0 Å². The molecular weight excluding hydrogens is 208 g/mol. The summed E-state index contributed by atoms with van der Waals surface area (Å²) < 4.78 is 4.92. The molecule has 1 nitrogen and oxygen atoms in total. The lowest BCUT2D eigenvalue weighted by Crippen LogP contribution is -1.81. The van der Waals surface area contributed by atoms with Crippen molar-refractivity contribution in [1.29, 1.82) is 0 Å². The molecule has 0 atom stereocenters. The van der Waals surface area contributed by atoms with Gasteiger partial charge in [0.25, 0.3) is 0 Å². The number of rotatable bonds is 2. The molecule has 2 aromatic carbocycles. The predicted molar refractivity (Wildman–Crippen MR) is 62.9 cm³/mol. The van der Waals surface area contributed by atoms with E-state index in [9.17, 15) is 0 Å². The number of hydrogen-bond donors (Lipinski definition) is 0. The Hall–Kier alpha value is -1.47. The van der Waals surface area contributed by atoms with Crippen molar-refractivity contribution in [2.24, 2.45) is 0 Å². The van der Waals surface area contributed by atoms with Gasteiger partial charge in [-0.2, -0.15) is 0 Å². The second-order valence-corrected chi connectivity index (χ2v) is 3.62. The van der Waals surface area contributed by atoms with Crippen LogP contribution in [-0.4, -0.2) is 0 Å². The smallest absolute Gasteiger partial charge is 0.122 e. The van der Waals surface area contributed by atoms with Crippen LogP contribution in [0.1, 0.15) is 0 Å². The van der Waals surface area contributed by atoms with Crippen LogP contribution in [0.2, 0.25) is 5.02 Å². The van der Waals surface area contributed by atoms with Crippen molar-refractivity contribution in [3.8, 4) is 16.9 Å². The van der Waals surface area contributed by atoms with E-state index in [1.54, 1.807) is 0 Å². The molecule has 0 N–H and O–H groups in total. The van der Waals surface area contributed by atoms with E-state index >= 15 is 0 Å². The molecule has 0 aliphatic carbocycles. The second-order valence-electron chi connectivity index (χ2n) is 3.18. The van der Waals surface area contributed by atoms with Crippen LogP contribution in [-0.2, 0) is 0 Å². The van der Waals surface area contributed by atoms with Gasteiger partial charge in [-0.1, -0.05) is 35.9 Å². The van der Waals surface area contributed by atoms with Crippen molar-refractivity contribution in [3.05, 3.63) is 60.7 Å². The van der Waals surface area contributed by atoms with E-state index in [-0.39, 0.29) is 0 Å². The summed E-state index contributed by atoms with van der Waals surface area (Å²) in [5, 5.41) is 0.739. The SMILES string of the molecule is [CH2]Oc1cccc(-c2ccc(Cl)cc2)c1. The lowest BCUT2D eigenvalue weighted by molar-refractivity contribution is 0.473. The third kappa shape index (κ3) is 2.31.